The van der Waals surface area contributed by atoms with Gasteiger partial charge < -0.3 is 10.6 Å². The van der Waals surface area contributed by atoms with E-state index in [-0.39, 0.29) is 11.7 Å². The lowest BCUT2D eigenvalue weighted by molar-refractivity contribution is -0.115. The Balaban J connectivity index is 1.64. The molecule has 1 aromatic rings. The van der Waals surface area contributed by atoms with Crippen molar-refractivity contribution in [1.82, 2.24) is 5.32 Å². The fourth-order valence-corrected chi connectivity index (χ4v) is 2.66. The minimum Gasteiger partial charge on any atom is -0.325 e. The summed E-state index contributed by atoms with van der Waals surface area (Å²) < 4.78 is 12.7. The van der Waals surface area contributed by atoms with E-state index in [2.05, 4.69) is 17.6 Å². The van der Waals surface area contributed by atoms with E-state index in [1.165, 1.54) is 37.8 Å². The molecule has 1 saturated carbocycles. The number of amides is 1. The van der Waals surface area contributed by atoms with E-state index in [4.69, 9.17) is 0 Å². The van der Waals surface area contributed by atoms with E-state index in [0.29, 0.717) is 18.2 Å². The van der Waals surface area contributed by atoms with Gasteiger partial charge in [-0.2, -0.15) is 0 Å². The monoisotopic (exact) mass is 278 g/mol. The Kier molecular flexibility index (Phi) is 5.53. The zero-order valence-electron chi connectivity index (χ0n) is 12.0. The Labute approximate surface area is 120 Å². The Hall–Kier alpha value is -1.42. The average molecular weight is 278 g/mol. The lowest BCUT2D eigenvalue weighted by atomic mass is 9.83. The van der Waals surface area contributed by atoms with Crippen LogP contribution in [0.1, 0.15) is 32.6 Å². The number of carbonyl (C=O) groups is 1. The minimum absolute atomic E-state index is 0.0826. The molecule has 1 fully saturated rings. The highest BCUT2D eigenvalue weighted by Crippen LogP contribution is 2.27. The summed E-state index contributed by atoms with van der Waals surface area (Å²) in [6.45, 7) is 3.52. The zero-order chi connectivity index (χ0) is 14.4. The van der Waals surface area contributed by atoms with E-state index < -0.39 is 0 Å². The van der Waals surface area contributed by atoms with Crippen molar-refractivity contribution in [2.75, 3.05) is 18.4 Å². The van der Waals surface area contributed by atoms with Crippen molar-refractivity contribution in [3.05, 3.63) is 30.1 Å². The highest BCUT2D eigenvalue weighted by molar-refractivity contribution is 5.92. The molecule has 2 rings (SSSR count). The Bertz CT molecular complexity index is 425. The van der Waals surface area contributed by atoms with Gasteiger partial charge in [-0.1, -0.05) is 19.8 Å². The molecule has 1 amide bonds. The molecule has 2 N–H and O–H groups in total. The molecule has 0 heterocycles. The number of halogens is 1. The van der Waals surface area contributed by atoms with Gasteiger partial charge in [-0.25, -0.2) is 4.39 Å². The molecule has 1 aliphatic carbocycles. The number of carbonyl (C=O) groups excluding carboxylic acids is 1. The van der Waals surface area contributed by atoms with Crippen LogP contribution in [0.2, 0.25) is 0 Å². The molecule has 0 saturated heterocycles. The molecule has 0 unspecified atom stereocenters. The molecule has 0 aromatic heterocycles. The van der Waals surface area contributed by atoms with Gasteiger partial charge in [-0.15, -0.1) is 0 Å². The molecule has 0 spiro atoms. The second kappa shape index (κ2) is 7.39. The van der Waals surface area contributed by atoms with Crippen LogP contribution >= 0.6 is 0 Å². The van der Waals surface area contributed by atoms with Crippen molar-refractivity contribution >= 4 is 11.6 Å². The third kappa shape index (κ3) is 4.93. The first kappa shape index (κ1) is 15.0. The van der Waals surface area contributed by atoms with Gasteiger partial charge in [-0.3, -0.25) is 4.79 Å². The van der Waals surface area contributed by atoms with Crippen LogP contribution in [0.3, 0.4) is 0 Å². The van der Waals surface area contributed by atoms with Gasteiger partial charge in [0.25, 0.3) is 0 Å². The second-order valence-electron chi connectivity index (χ2n) is 5.81. The van der Waals surface area contributed by atoms with Crippen LogP contribution in [-0.4, -0.2) is 19.0 Å². The third-order valence-electron chi connectivity index (χ3n) is 3.98. The van der Waals surface area contributed by atoms with Gasteiger partial charge in [-0.05, 0) is 55.5 Å². The topological polar surface area (TPSA) is 41.1 Å². The van der Waals surface area contributed by atoms with Crippen LogP contribution in [-0.2, 0) is 4.79 Å². The van der Waals surface area contributed by atoms with Crippen LogP contribution in [0.25, 0.3) is 0 Å². The van der Waals surface area contributed by atoms with Gasteiger partial charge in [0.1, 0.15) is 5.82 Å². The number of hydrogen-bond donors (Lipinski definition) is 2. The average Bonchev–Trinajstić information content (AvgIpc) is 2.44. The molecule has 4 heteroatoms. The fourth-order valence-electron chi connectivity index (χ4n) is 2.66. The summed E-state index contributed by atoms with van der Waals surface area (Å²) in [5.41, 5.74) is 0.629. The first-order valence-electron chi connectivity index (χ1n) is 7.39. The van der Waals surface area contributed by atoms with Crippen molar-refractivity contribution in [2.45, 2.75) is 32.6 Å². The quantitative estimate of drug-likeness (QED) is 0.868. The van der Waals surface area contributed by atoms with Crippen molar-refractivity contribution < 1.29 is 9.18 Å². The van der Waals surface area contributed by atoms with Crippen molar-refractivity contribution in [1.29, 1.82) is 0 Å². The van der Waals surface area contributed by atoms with E-state index >= 15 is 0 Å². The molecule has 110 valence electrons. The first-order chi connectivity index (χ1) is 9.63. The van der Waals surface area contributed by atoms with Crippen molar-refractivity contribution in [3.63, 3.8) is 0 Å². The van der Waals surface area contributed by atoms with Gasteiger partial charge in [0, 0.05) is 5.69 Å². The third-order valence-corrected chi connectivity index (χ3v) is 3.98. The standard InChI is InChI=1S/C16H23FN2O/c1-12-2-4-13(5-3-12)10-18-11-16(20)19-15-8-6-14(17)7-9-15/h6-9,12-13,18H,2-5,10-11H2,1H3,(H,19,20). The largest absolute Gasteiger partial charge is 0.325 e. The normalized spacial score (nSPS) is 22.5. The summed E-state index contributed by atoms with van der Waals surface area (Å²) in [4.78, 5) is 11.7. The maximum Gasteiger partial charge on any atom is 0.238 e. The summed E-state index contributed by atoms with van der Waals surface area (Å²) in [6, 6.07) is 5.81. The Morgan fingerprint density at radius 1 is 1.20 bits per heavy atom. The molecule has 0 radical (unpaired) electrons. The number of nitrogens with one attached hydrogen (secondary N) is 2. The van der Waals surface area contributed by atoms with E-state index in [1.807, 2.05) is 0 Å². The number of benzene rings is 1. The molecular formula is C16H23FN2O. The van der Waals surface area contributed by atoms with Gasteiger partial charge in [0.05, 0.1) is 6.54 Å². The molecule has 0 bridgehead atoms. The molecule has 0 atom stereocenters. The van der Waals surface area contributed by atoms with Gasteiger partial charge >= 0.3 is 0 Å². The minimum atomic E-state index is -0.298. The second-order valence-corrected chi connectivity index (χ2v) is 5.81. The van der Waals surface area contributed by atoms with Crippen LogP contribution < -0.4 is 10.6 Å². The SMILES string of the molecule is CC1CCC(CNCC(=O)Nc2ccc(F)cc2)CC1. The van der Waals surface area contributed by atoms with Gasteiger partial charge in [0.15, 0.2) is 0 Å². The molecule has 20 heavy (non-hydrogen) atoms. The lowest BCUT2D eigenvalue weighted by Crippen LogP contribution is -2.33. The predicted molar refractivity (Wildman–Crippen MR) is 79.0 cm³/mol. The summed E-state index contributed by atoms with van der Waals surface area (Å²) >= 11 is 0. The molecule has 1 aromatic carbocycles. The summed E-state index contributed by atoms with van der Waals surface area (Å²) in [7, 11) is 0. The predicted octanol–water partition coefficient (Wildman–Crippen LogP) is 3.18. The first-order valence-corrected chi connectivity index (χ1v) is 7.39. The highest BCUT2D eigenvalue weighted by Gasteiger charge is 2.17. The van der Waals surface area contributed by atoms with E-state index in [9.17, 15) is 9.18 Å². The van der Waals surface area contributed by atoms with E-state index in [1.54, 1.807) is 12.1 Å². The molecule has 0 aliphatic heterocycles. The summed E-state index contributed by atoms with van der Waals surface area (Å²) in [5.74, 6) is 1.17. The summed E-state index contributed by atoms with van der Waals surface area (Å²) in [6.07, 6.45) is 5.11. The van der Waals surface area contributed by atoms with Crippen molar-refractivity contribution in [3.8, 4) is 0 Å². The van der Waals surface area contributed by atoms with Crippen LogP contribution in [0.15, 0.2) is 24.3 Å². The lowest BCUT2D eigenvalue weighted by Gasteiger charge is -2.26. The number of rotatable bonds is 5. The van der Waals surface area contributed by atoms with Crippen molar-refractivity contribution in [2.24, 2.45) is 11.8 Å². The number of hydrogen-bond acceptors (Lipinski definition) is 2. The molecule has 1 aliphatic rings. The fraction of sp³-hybridized carbons (Fsp3) is 0.562. The maximum absolute atomic E-state index is 12.7. The van der Waals surface area contributed by atoms with E-state index in [0.717, 1.165) is 12.5 Å². The summed E-state index contributed by atoms with van der Waals surface area (Å²) in [5, 5.41) is 5.96. The Morgan fingerprint density at radius 3 is 2.50 bits per heavy atom. The highest BCUT2D eigenvalue weighted by atomic mass is 19.1. The van der Waals surface area contributed by atoms with Gasteiger partial charge in [0.2, 0.25) is 5.91 Å². The van der Waals surface area contributed by atoms with Crippen LogP contribution in [0, 0.1) is 17.7 Å². The van der Waals surface area contributed by atoms with Crippen LogP contribution in [0.5, 0.6) is 0 Å². The Morgan fingerprint density at radius 2 is 1.85 bits per heavy atom. The van der Waals surface area contributed by atoms with Crippen LogP contribution in [0.4, 0.5) is 10.1 Å². The smallest absolute Gasteiger partial charge is 0.238 e. The molecule has 3 nitrogen and oxygen atoms in total. The maximum atomic E-state index is 12.7. The molecular weight excluding hydrogens is 255 g/mol. The number of anilines is 1. The zero-order valence-corrected chi connectivity index (χ0v) is 12.0.